The molecule has 0 aromatic heterocycles. The Morgan fingerprint density at radius 1 is 1.26 bits per heavy atom. The van der Waals surface area contributed by atoms with Crippen molar-refractivity contribution in [2.45, 2.75) is 56.7 Å². The van der Waals surface area contributed by atoms with Crippen LogP contribution in [0, 0.1) is 11.8 Å². The van der Waals surface area contributed by atoms with E-state index < -0.39 is 0 Å². The minimum absolute atomic E-state index is 0.112. The molecule has 2 atom stereocenters. The summed E-state index contributed by atoms with van der Waals surface area (Å²) in [5.74, 6) is 4.45. The van der Waals surface area contributed by atoms with Gasteiger partial charge >= 0.3 is 0 Å². The van der Waals surface area contributed by atoms with Crippen LogP contribution in [0.25, 0.3) is 0 Å². The zero-order chi connectivity index (χ0) is 12.9. The lowest BCUT2D eigenvalue weighted by Crippen LogP contribution is -2.44. The second kappa shape index (κ2) is 4.66. The Morgan fingerprint density at radius 3 is 2.68 bits per heavy atom. The van der Waals surface area contributed by atoms with Crippen molar-refractivity contribution >= 4 is 17.7 Å². The van der Waals surface area contributed by atoms with Gasteiger partial charge in [-0.3, -0.25) is 10.1 Å². The molecular weight excluding hydrogens is 256 g/mol. The molecule has 2 heterocycles. The first kappa shape index (κ1) is 12.5. The molecule has 19 heavy (non-hydrogen) atoms. The van der Waals surface area contributed by atoms with Gasteiger partial charge in [-0.25, -0.2) is 0 Å². The molecule has 4 fully saturated rings. The fraction of sp³-hybridized carbons (Fsp3) is 0.933. The molecule has 1 N–H and O–H groups in total. The van der Waals surface area contributed by atoms with E-state index in [0.29, 0.717) is 12.1 Å². The van der Waals surface area contributed by atoms with E-state index in [2.05, 4.69) is 22.0 Å². The Kier molecular flexibility index (Phi) is 3.07. The number of hydrogen-bond acceptors (Lipinski definition) is 3. The number of nitrogens with one attached hydrogen (secondary N) is 1. The van der Waals surface area contributed by atoms with Gasteiger partial charge in [0.15, 0.2) is 0 Å². The summed E-state index contributed by atoms with van der Waals surface area (Å²) >= 11 is 2.06. The number of nitrogens with zero attached hydrogens (tertiary/aromatic N) is 1. The van der Waals surface area contributed by atoms with Gasteiger partial charge < -0.3 is 4.90 Å². The number of thioether (sulfide) groups is 1. The Labute approximate surface area is 119 Å². The fourth-order valence-corrected chi connectivity index (χ4v) is 5.43. The van der Waals surface area contributed by atoms with Crippen molar-refractivity contribution in [1.82, 2.24) is 10.2 Å². The summed E-state index contributed by atoms with van der Waals surface area (Å²) in [6.45, 7) is 1.02. The van der Waals surface area contributed by atoms with E-state index in [1.807, 2.05) is 0 Å². The largest absolute Gasteiger partial charge is 0.325 e. The molecule has 4 aliphatic rings. The van der Waals surface area contributed by atoms with Gasteiger partial charge in [-0.15, -0.1) is 0 Å². The predicted octanol–water partition coefficient (Wildman–Crippen LogP) is 2.22. The van der Waals surface area contributed by atoms with Crippen LogP contribution < -0.4 is 5.32 Å². The monoisotopic (exact) mass is 280 g/mol. The summed E-state index contributed by atoms with van der Waals surface area (Å²) in [7, 11) is 0. The van der Waals surface area contributed by atoms with Gasteiger partial charge in [-0.1, -0.05) is 12.8 Å². The zero-order valence-electron chi connectivity index (χ0n) is 11.6. The van der Waals surface area contributed by atoms with Crippen LogP contribution in [0.15, 0.2) is 0 Å². The van der Waals surface area contributed by atoms with E-state index in [-0.39, 0.29) is 5.54 Å². The van der Waals surface area contributed by atoms with E-state index in [4.69, 9.17) is 0 Å². The normalized spacial score (nSPS) is 37.7. The average Bonchev–Trinajstić information content (AvgIpc) is 2.86. The first-order chi connectivity index (χ1) is 9.28. The molecule has 0 aromatic rings. The van der Waals surface area contributed by atoms with E-state index in [0.717, 1.165) is 31.2 Å². The van der Waals surface area contributed by atoms with Crippen LogP contribution in [-0.2, 0) is 4.79 Å². The molecule has 2 aliphatic carbocycles. The third-order valence-corrected chi connectivity index (χ3v) is 6.74. The topological polar surface area (TPSA) is 32.3 Å². The van der Waals surface area contributed by atoms with E-state index in [1.165, 1.54) is 43.6 Å². The molecule has 2 saturated heterocycles. The third-order valence-electron chi connectivity index (χ3n) is 5.51. The number of carbonyl (C=O) groups excluding carboxylic acids is 1. The number of carbonyl (C=O) groups is 1. The molecule has 2 saturated carbocycles. The summed E-state index contributed by atoms with van der Waals surface area (Å²) in [6.07, 6.45) is 9.17. The van der Waals surface area contributed by atoms with E-state index >= 15 is 0 Å². The van der Waals surface area contributed by atoms with Crippen molar-refractivity contribution in [2.24, 2.45) is 11.8 Å². The van der Waals surface area contributed by atoms with Gasteiger partial charge in [0.05, 0.1) is 11.7 Å². The second-order valence-electron chi connectivity index (χ2n) is 6.90. The summed E-state index contributed by atoms with van der Waals surface area (Å²) in [5.41, 5.74) is -0.112. The Morgan fingerprint density at radius 2 is 2.05 bits per heavy atom. The molecule has 106 valence electrons. The smallest absolute Gasteiger partial charge is 0.244 e. The highest BCUT2D eigenvalue weighted by Crippen LogP contribution is 2.46. The maximum Gasteiger partial charge on any atom is 0.244 e. The lowest BCUT2D eigenvalue weighted by atomic mass is 10.0. The molecule has 1 amide bonds. The van der Waals surface area contributed by atoms with Crippen molar-refractivity contribution in [3.63, 3.8) is 0 Å². The number of rotatable bonds is 3. The summed E-state index contributed by atoms with van der Waals surface area (Å²) < 4.78 is 0. The second-order valence-corrected chi connectivity index (χ2v) is 8.05. The minimum Gasteiger partial charge on any atom is -0.325 e. The lowest BCUT2D eigenvalue weighted by molar-refractivity contribution is -0.131. The quantitative estimate of drug-likeness (QED) is 0.860. The van der Waals surface area contributed by atoms with Crippen LogP contribution in [-0.4, -0.2) is 40.6 Å². The molecule has 2 aliphatic heterocycles. The van der Waals surface area contributed by atoms with Gasteiger partial charge in [0.2, 0.25) is 5.91 Å². The van der Waals surface area contributed by atoms with Crippen LogP contribution in [0.4, 0.5) is 0 Å². The molecule has 0 bridgehead atoms. The zero-order valence-corrected chi connectivity index (χ0v) is 12.4. The summed E-state index contributed by atoms with van der Waals surface area (Å²) in [6, 6.07) is 0. The maximum absolute atomic E-state index is 12.7. The van der Waals surface area contributed by atoms with Gasteiger partial charge in [0, 0.05) is 6.54 Å². The van der Waals surface area contributed by atoms with Crippen molar-refractivity contribution in [3.8, 4) is 0 Å². The standard InChI is InChI=1S/C15H24N2OS/c18-14-15(6-7-15)16-13(12-3-1-2-4-12)17(14)9-11-5-8-19-10-11/h11-13,16H,1-10H2. The Bertz CT molecular complexity index is 370. The average molecular weight is 280 g/mol. The van der Waals surface area contributed by atoms with Gasteiger partial charge in [0.25, 0.3) is 0 Å². The molecule has 0 radical (unpaired) electrons. The van der Waals surface area contributed by atoms with Crippen LogP contribution >= 0.6 is 11.8 Å². The minimum atomic E-state index is -0.112. The Balaban J connectivity index is 1.51. The van der Waals surface area contributed by atoms with Gasteiger partial charge in [-0.2, -0.15) is 11.8 Å². The first-order valence-corrected chi connectivity index (χ1v) is 9.10. The van der Waals surface area contributed by atoms with Crippen LogP contribution in [0.1, 0.15) is 44.9 Å². The van der Waals surface area contributed by atoms with Crippen LogP contribution in [0.3, 0.4) is 0 Å². The molecule has 1 spiro atoms. The van der Waals surface area contributed by atoms with Crippen LogP contribution in [0.2, 0.25) is 0 Å². The van der Waals surface area contributed by atoms with Gasteiger partial charge in [-0.05, 0) is 55.4 Å². The molecule has 4 rings (SSSR count). The van der Waals surface area contributed by atoms with Crippen molar-refractivity contribution in [2.75, 3.05) is 18.1 Å². The molecule has 0 aromatic carbocycles. The van der Waals surface area contributed by atoms with Crippen molar-refractivity contribution < 1.29 is 4.79 Å². The van der Waals surface area contributed by atoms with E-state index in [1.54, 1.807) is 0 Å². The SMILES string of the molecule is O=C1N(CC2CCSC2)C(C2CCCC2)NC12CC2. The third kappa shape index (κ3) is 2.11. The number of amides is 1. The molecule has 2 unspecified atom stereocenters. The van der Waals surface area contributed by atoms with Crippen LogP contribution in [0.5, 0.6) is 0 Å². The van der Waals surface area contributed by atoms with E-state index in [9.17, 15) is 4.79 Å². The maximum atomic E-state index is 12.7. The lowest BCUT2D eigenvalue weighted by Gasteiger charge is -2.30. The molecular formula is C15H24N2OS. The summed E-state index contributed by atoms with van der Waals surface area (Å²) in [4.78, 5) is 15.0. The molecule has 4 heteroatoms. The summed E-state index contributed by atoms with van der Waals surface area (Å²) in [5, 5.41) is 3.73. The highest BCUT2D eigenvalue weighted by molar-refractivity contribution is 7.99. The highest BCUT2D eigenvalue weighted by Gasteiger charge is 2.60. The van der Waals surface area contributed by atoms with Gasteiger partial charge in [0.1, 0.15) is 0 Å². The highest BCUT2D eigenvalue weighted by atomic mass is 32.2. The number of hydrogen-bond donors (Lipinski definition) is 1. The first-order valence-electron chi connectivity index (χ1n) is 7.95. The molecule has 3 nitrogen and oxygen atoms in total. The Hall–Kier alpha value is -0.220. The van der Waals surface area contributed by atoms with Crippen molar-refractivity contribution in [3.05, 3.63) is 0 Å². The van der Waals surface area contributed by atoms with Crippen molar-refractivity contribution in [1.29, 1.82) is 0 Å². The fourth-order valence-electron chi connectivity index (χ4n) is 4.15. The predicted molar refractivity (Wildman–Crippen MR) is 78.0 cm³/mol.